The maximum Gasteiger partial charge on any atom is 0.351 e. The number of amides is 2. The molecule has 0 radical (unpaired) electrons. The topological polar surface area (TPSA) is 82.1 Å². The van der Waals surface area contributed by atoms with Crippen molar-refractivity contribution in [1.29, 1.82) is 0 Å². The minimum atomic E-state index is -3.96. The van der Waals surface area contributed by atoms with Crippen LogP contribution in [0, 0.1) is 0 Å². The maximum atomic E-state index is 14.6. The minimum absolute atomic E-state index is 0.0952. The molecule has 1 aromatic carbocycles. The van der Waals surface area contributed by atoms with Gasteiger partial charge in [-0.2, -0.15) is 8.78 Å². The molecule has 2 rings (SSSR count). The van der Waals surface area contributed by atoms with Crippen molar-refractivity contribution in [3.8, 4) is 5.75 Å². The molecule has 0 bridgehead atoms. The second-order valence-electron chi connectivity index (χ2n) is 8.48. The Balaban J connectivity index is 1.86. The van der Waals surface area contributed by atoms with Gasteiger partial charge < -0.3 is 25.0 Å². The Hall–Kier alpha value is -2.26. The normalized spacial score (nSPS) is 17.5. The fraction of sp³-hybridized carbons (Fsp3) is 0.652. The molecular formula is C23H35F2N3O4. The first-order valence-electron chi connectivity index (χ1n) is 11.1. The Labute approximate surface area is 188 Å². The number of nitrogens with one attached hydrogen (secondary N) is 1. The molecule has 1 aromatic rings. The highest BCUT2D eigenvalue weighted by atomic mass is 19.3. The van der Waals surface area contributed by atoms with E-state index in [1.54, 1.807) is 7.11 Å². The van der Waals surface area contributed by atoms with E-state index in [1.165, 1.54) is 4.90 Å². The van der Waals surface area contributed by atoms with Gasteiger partial charge in [-0.05, 0) is 70.4 Å². The van der Waals surface area contributed by atoms with Crippen molar-refractivity contribution in [2.45, 2.75) is 56.6 Å². The summed E-state index contributed by atoms with van der Waals surface area (Å²) in [5.41, 5.74) is 1.05. The fourth-order valence-corrected chi connectivity index (χ4v) is 3.90. The first kappa shape index (κ1) is 26.0. The number of alkyl halides is 2. The number of likely N-dealkylation sites (tertiary alicyclic amines) is 1. The molecular weight excluding hydrogens is 420 g/mol. The molecule has 2 N–H and O–H groups in total. The van der Waals surface area contributed by atoms with Crippen molar-refractivity contribution in [1.82, 2.24) is 15.1 Å². The first-order valence-corrected chi connectivity index (χ1v) is 11.1. The molecule has 32 heavy (non-hydrogen) atoms. The summed E-state index contributed by atoms with van der Waals surface area (Å²) in [4.78, 5) is 27.9. The van der Waals surface area contributed by atoms with E-state index in [0.29, 0.717) is 38.8 Å². The average Bonchev–Trinajstić information content (AvgIpc) is 3.26. The Bertz CT molecular complexity index is 743. The summed E-state index contributed by atoms with van der Waals surface area (Å²) < 4.78 is 34.3. The van der Waals surface area contributed by atoms with Crippen molar-refractivity contribution in [3.63, 3.8) is 0 Å². The quantitative estimate of drug-likeness (QED) is 0.472. The van der Waals surface area contributed by atoms with Gasteiger partial charge in [-0.15, -0.1) is 0 Å². The van der Waals surface area contributed by atoms with Crippen molar-refractivity contribution >= 4 is 11.8 Å². The highest BCUT2D eigenvalue weighted by Crippen LogP contribution is 2.30. The van der Waals surface area contributed by atoms with Gasteiger partial charge in [-0.1, -0.05) is 12.1 Å². The second-order valence-corrected chi connectivity index (χ2v) is 8.48. The third-order valence-corrected chi connectivity index (χ3v) is 5.74. The number of halogens is 2. The van der Waals surface area contributed by atoms with Crippen LogP contribution in [-0.2, 0) is 16.0 Å². The van der Waals surface area contributed by atoms with Crippen LogP contribution in [0.25, 0.3) is 0 Å². The van der Waals surface area contributed by atoms with Crippen LogP contribution in [0.5, 0.6) is 5.75 Å². The minimum Gasteiger partial charge on any atom is -0.497 e. The number of nitrogens with zero attached hydrogens (tertiary/aromatic N) is 2. The van der Waals surface area contributed by atoms with Crippen molar-refractivity contribution in [2.75, 3.05) is 40.8 Å². The number of benzene rings is 1. The van der Waals surface area contributed by atoms with E-state index in [4.69, 9.17) is 4.74 Å². The zero-order valence-electron chi connectivity index (χ0n) is 19.2. The number of carbonyl (C=O) groups is 2. The van der Waals surface area contributed by atoms with Crippen LogP contribution >= 0.6 is 0 Å². The lowest BCUT2D eigenvalue weighted by molar-refractivity contribution is -0.172. The lowest BCUT2D eigenvalue weighted by Crippen LogP contribution is -2.56. The highest BCUT2D eigenvalue weighted by molar-refractivity contribution is 5.84. The van der Waals surface area contributed by atoms with Crippen LogP contribution in [0.1, 0.15) is 37.7 Å². The summed E-state index contributed by atoms with van der Waals surface area (Å²) in [6.45, 7) is 1.05. The second kappa shape index (κ2) is 12.1. The Morgan fingerprint density at radius 1 is 1.28 bits per heavy atom. The molecule has 1 aliphatic heterocycles. The van der Waals surface area contributed by atoms with Gasteiger partial charge in [0.05, 0.1) is 13.2 Å². The van der Waals surface area contributed by atoms with Crippen LogP contribution in [0.3, 0.4) is 0 Å². The van der Waals surface area contributed by atoms with Crippen LogP contribution in [0.4, 0.5) is 8.78 Å². The van der Waals surface area contributed by atoms with Gasteiger partial charge in [0.1, 0.15) is 11.9 Å². The molecule has 0 spiro atoms. The summed E-state index contributed by atoms with van der Waals surface area (Å²) in [6.07, 6.45) is 0.478. The molecule has 2 atom stereocenters. The largest absolute Gasteiger partial charge is 0.497 e. The van der Waals surface area contributed by atoms with Gasteiger partial charge in [-0.3, -0.25) is 9.59 Å². The van der Waals surface area contributed by atoms with Crippen LogP contribution in [-0.4, -0.2) is 85.6 Å². The Morgan fingerprint density at radius 2 is 1.97 bits per heavy atom. The van der Waals surface area contributed by atoms with Gasteiger partial charge >= 0.3 is 5.92 Å². The monoisotopic (exact) mass is 455 g/mol. The number of carbonyl (C=O) groups excluding carboxylic acids is 2. The average molecular weight is 456 g/mol. The number of aryl methyl sites for hydroxylation is 1. The van der Waals surface area contributed by atoms with Crippen molar-refractivity contribution in [3.05, 3.63) is 29.8 Å². The third-order valence-electron chi connectivity index (χ3n) is 5.74. The fourth-order valence-electron chi connectivity index (χ4n) is 3.90. The SMILES string of the molecule is COc1ccc(CCCC(=O)N2CCCC2C(O)C(F)(F)C(=O)NCCCN(C)C)cc1. The number of hydrogen-bond donors (Lipinski definition) is 2. The smallest absolute Gasteiger partial charge is 0.351 e. The number of hydrogen-bond acceptors (Lipinski definition) is 5. The number of ether oxygens (including phenoxy) is 1. The lowest BCUT2D eigenvalue weighted by atomic mass is 10.0. The molecule has 2 amide bonds. The predicted molar refractivity (Wildman–Crippen MR) is 118 cm³/mol. The van der Waals surface area contributed by atoms with Crippen molar-refractivity contribution < 1.29 is 28.2 Å². The van der Waals surface area contributed by atoms with Gasteiger partial charge in [0.25, 0.3) is 5.91 Å². The standard InChI is InChI=1S/C23H35F2N3O4/c1-27(2)15-6-14-26-22(31)23(24,25)21(30)19-8-5-16-28(19)20(29)9-4-7-17-10-12-18(32-3)13-11-17/h10-13,19,21,30H,4-9,14-16H2,1-3H3,(H,26,31). The molecule has 0 aliphatic carbocycles. The van der Waals surface area contributed by atoms with E-state index in [9.17, 15) is 23.5 Å². The van der Waals surface area contributed by atoms with Crippen molar-refractivity contribution in [2.24, 2.45) is 0 Å². The Morgan fingerprint density at radius 3 is 2.59 bits per heavy atom. The molecule has 2 unspecified atom stereocenters. The number of methoxy groups -OCH3 is 1. The summed E-state index contributed by atoms with van der Waals surface area (Å²) in [7, 11) is 5.29. The van der Waals surface area contributed by atoms with E-state index < -0.39 is 24.0 Å². The van der Waals surface area contributed by atoms with E-state index in [2.05, 4.69) is 5.32 Å². The molecule has 9 heteroatoms. The van der Waals surface area contributed by atoms with Gasteiger partial charge in [0.2, 0.25) is 5.91 Å². The predicted octanol–water partition coefficient (Wildman–Crippen LogP) is 2.07. The first-order chi connectivity index (χ1) is 15.2. The zero-order valence-corrected chi connectivity index (χ0v) is 19.2. The van der Waals surface area contributed by atoms with Gasteiger partial charge in [0.15, 0.2) is 0 Å². The number of rotatable bonds is 12. The number of aliphatic hydroxyl groups is 1. The molecule has 0 aromatic heterocycles. The third kappa shape index (κ3) is 7.13. The van der Waals surface area contributed by atoms with E-state index in [0.717, 1.165) is 11.3 Å². The van der Waals surface area contributed by atoms with Gasteiger partial charge in [0, 0.05) is 19.5 Å². The summed E-state index contributed by atoms with van der Waals surface area (Å²) in [5, 5.41) is 12.5. The highest BCUT2D eigenvalue weighted by Gasteiger charge is 2.52. The summed E-state index contributed by atoms with van der Waals surface area (Å²) >= 11 is 0. The van der Waals surface area contributed by atoms with E-state index >= 15 is 0 Å². The van der Waals surface area contributed by atoms with Crippen LogP contribution in [0.2, 0.25) is 0 Å². The molecule has 0 saturated carbocycles. The summed E-state index contributed by atoms with van der Waals surface area (Å²) in [6, 6.07) is 6.47. The Kier molecular flexibility index (Phi) is 9.84. The molecule has 1 aliphatic rings. The molecule has 7 nitrogen and oxygen atoms in total. The zero-order chi connectivity index (χ0) is 23.7. The van der Waals surface area contributed by atoms with E-state index in [1.807, 2.05) is 43.3 Å². The maximum absolute atomic E-state index is 14.6. The molecule has 1 saturated heterocycles. The van der Waals surface area contributed by atoms with Crippen LogP contribution in [0.15, 0.2) is 24.3 Å². The van der Waals surface area contributed by atoms with Gasteiger partial charge in [-0.25, -0.2) is 0 Å². The molecule has 1 fully saturated rings. The van der Waals surface area contributed by atoms with E-state index in [-0.39, 0.29) is 25.3 Å². The summed E-state index contributed by atoms with van der Waals surface area (Å²) in [5.74, 6) is -4.99. The number of aliphatic hydroxyl groups excluding tert-OH is 1. The molecule has 180 valence electrons. The lowest BCUT2D eigenvalue weighted by Gasteiger charge is -2.32. The molecule has 1 heterocycles. The van der Waals surface area contributed by atoms with Crippen LogP contribution < -0.4 is 10.1 Å².